The third kappa shape index (κ3) is 4.63. The second-order valence-electron chi connectivity index (χ2n) is 5.74. The maximum atomic E-state index is 12.4. The lowest BCUT2D eigenvalue weighted by Gasteiger charge is -2.14. The first-order chi connectivity index (χ1) is 12.9. The summed E-state index contributed by atoms with van der Waals surface area (Å²) < 4.78 is 12.0. The van der Waals surface area contributed by atoms with Gasteiger partial charge < -0.3 is 15.2 Å². The molecule has 0 saturated carbocycles. The molecule has 0 unspecified atom stereocenters. The highest BCUT2D eigenvalue weighted by atomic mass is 16.6. The summed E-state index contributed by atoms with van der Waals surface area (Å²) in [5, 5.41) is 0. The first-order valence-electron chi connectivity index (χ1n) is 8.32. The Bertz CT molecular complexity index is 946. The smallest absolute Gasteiger partial charge is 0.344 e. The van der Waals surface area contributed by atoms with E-state index in [1.54, 1.807) is 30.3 Å². The first-order valence-corrected chi connectivity index (χ1v) is 8.32. The van der Waals surface area contributed by atoms with Crippen molar-refractivity contribution in [3.63, 3.8) is 0 Å². The molecular weight excluding hydrogens is 354 g/mol. The molecule has 2 N–H and O–H groups in total. The van der Waals surface area contributed by atoms with Crippen LogP contribution in [-0.2, 0) is 23.1 Å². The zero-order valence-corrected chi connectivity index (χ0v) is 15.1. The summed E-state index contributed by atoms with van der Waals surface area (Å²) in [4.78, 5) is 48.4. The van der Waals surface area contributed by atoms with Crippen LogP contribution >= 0.6 is 0 Å². The molecule has 1 aromatic carbocycles. The third-order valence-corrected chi connectivity index (χ3v) is 3.77. The average molecular weight is 375 g/mol. The van der Waals surface area contributed by atoms with E-state index in [1.165, 1.54) is 7.05 Å². The van der Waals surface area contributed by atoms with Gasteiger partial charge in [0, 0.05) is 13.6 Å². The Morgan fingerprint density at radius 1 is 1.11 bits per heavy atom. The van der Waals surface area contributed by atoms with Crippen molar-refractivity contribution in [3.8, 4) is 5.75 Å². The molecule has 0 saturated heterocycles. The molecule has 0 amide bonds. The molecule has 0 aliphatic carbocycles. The number of carbonyl (C=O) groups excluding carboxylic acids is 2. The van der Waals surface area contributed by atoms with E-state index in [1.807, 2.05) is 6.92 Å². The number of nitrogen functional groups attached to an aromatic ring is 1. The molecule has 0 fully saturated rings. The fourth-order valence-corrected chi connectivity index (χ4v) is 2.40. The molecule has 1 aromatic heterocycles. The van der Waals surface area contributed by atoms with E-state index < -0.39 is 29.6 Å². The summed E-state index contributed by atoms with van der Waals surface area (Å²) in [7, 11) is 1.26. The van der Waals surface area contributed by atoms with Gasteiger partial charge in [0.2, 0.25) is 5.78 Å². The zero-order valence-electron chi connectivity index (χ0n) is 15.1. The summed E-state index contributed by atoms with van der Waals surface area (Å²) in [6.45, 7) is 1.01. The van der Waals surface area contributed by atoms with Gasteiger partial charge in [0.1, 0.15) is 17.1 Å². The van der Waals surface area contributed by atoms with Crippen molar-refractivity contribution in [1.82, 2.24) is 9.13 Å². The quantitative estimate of drug-likeness (QED) is 0.521. The lowest BCUT2D eigenvalue weighted by Crippen LogP contribution is -2.43. The topological polar surface area (TPSA) is 123 Å². The summed E-state index contributed by atoms with van der Waals surface area (Å²) >= 11 is 0. The van der Waals surface area contributed by atoms with Gasteiger partial charge in [0.15, 0.2) is 13.2 Å². The highest BCUT2D eigenvalue weighted by Crippen LogP contribution is 2.09. The van der Waals surface area contributed by atoms with Gasteiger partial charge in [-0.15, -0.1) is 0 Å². The molecule has 2 aromatic rings. The highest BCUT2D eigenvalue weighted by molar-refractivity contribution is 6.01. The first kappa shape index (κ1) is 20.0. The lowest BCUT2D eigenvalue weighted by atomic mass is 10.2. The standard InChI is InChI=1S/C18H21N3O6/c1-3-9-21-16(19)15(17(24)20(2)18(21)25)13(22)10-27-14(23)11-26-12-7-5-4-6-8-12/h4-8H,3,9-11,19H2,1-2H3. The van der Waals surface area contributed by atoms with Gasteiger partial charge >= 0.3 is 11.7 Å². The Hall–Kier alpha value is -3.36. The summed E-state index contributed by atoms with van der Waals surface area (Å²) in [5.41, 5.74) is 4.04. The Labute approximate surface area is 154 Å². The van der Waals surface area contributed by atoms with Gasteiger partial charge in [-0.3, -0.25) is 18.7 Å². The molecule has 0 radical (unpaired) electrons. The van der Waals surface area contributed by atoms with E-state index in [9.17, 15) is 19.2 Å². The van der Waals surface area contributed by atoms with Crippen molar-refractivity contribution in [1.29, 1.82) is 0 Å². The van der Waals surface area contributed by atoms with Crippen LogP contribution in [0.5, 0.6) is 5.75 Å². The monoisotopic (exact) mass is 375 g/mol. The number of ketones is 1. The van der Waals surface area contributed by atoms with Crippen LogP contribution < -0.4 is 21.7 Å². The average Bonchev–Trinajstić information content (AvgIpc) is 2.67. The number of aromatic nitrogens is 2. The normalized spacial score (nSPS) is 10.4. The van der Waals surface area contributed by atoms with Crippen LogP contribution in [0.4, 0.5) is 5.82 Å². The van der Waals surface area contributed by atoms with Crippen LogP contribution in [0.2, 0.25) is 0 Å². The molecule has 0 aliphatic rings. The molecule has 144 valence electrons. The lowest BCUT2D eigenvalue weighted by molar-refractivity contribution is -0.144. The predicted octanol–water partition coefficient (Wildman–Crippen LogP) is 0.344. The molecule has 0 spiro atoms. The van der Waals surface area contributed by atoms with E-state index in [0.29, 0.717) is 12.2 Å². The van der Waals surface area contributed by atoms with Crippen LogP contribution in [0.3, 0.4) is 0 Å². The molecular formula is C18H21N3O6. The number of Topliss-reactive ketones (excluding diaryl/α,β-unsaturated/α-hetero) is 1. The molecule has 9 nitrogen and oxygen atoms in total. The summed E-state index contributed by atoms with van der Waals surface area (Å²) in [6.07, 6.45) is 0.585. The van der Waals surface area contributed by atoms with E-state index in [2.05, 4.69) is 0 Å². The number of hydrogen-bond acceptors (Lipinski definition) is 7. The number of ether oxygens (including phenoxy) is 2. The van der Waals surface area contributed by atoms with Crippen molar-refractivity contribution < 1.29 is 19.1 Å². The summed E-state index contributed by atoms with van der Waals surface area (Å²) in [5.74, 6) is -1.31. The molecule has 0 bridgehead atoms. The van der Waals surface area contributed by atoms with Gasteiger partial charge in [-0.25, -0.2) is 9.59 Å². The van der Waals surface area contributed by atoms with Crippen molar-refractivity contribution >= 4 is 17.6 Å². The van der Waals surface area contributed by atoms with Crippen LogP contribution in [0.15, 0.2) is 39.9 Å². The predicted molar refractivity (Wildman–Crippen MR) is 97.9 cm³/mol. The zero-order chi connectivity index (χ0) is 20.0. The van der Waals surface area contributed by atoms with Crippen molar-refractivity contribution in [2.75, 3.05) is 18.9 Å². The minimum absolute atomic E-state index is 0.230. The van der Waals surface area contributed by atoms with Gasteiger partial charge in [-0.1, -0.05) is 25.1 Å². The number of carbonyl (C=O) groups is 2. The number of esters is 1. The number of hydrogen-bond donors (Lipinski definition) is 1. The van der Waals surface area contributed by atoms with Crippen LogP contribution in [-0.4, -0.2) is 34.1 Å². The van der Waals surface area contributed by atoms with Gasteiger partial charge in [0.05, 0.1) is 0 Å². The molecule has 2 rings (SSSR count). The number of anilines is 1. The van der Waals surface area contributed by atoms with E-state index in [0.717, 1.165) is 9.13 Å². The Morgan fingerprint density at radius 2 is 1.78 bits per heavy atom. The van der Waals surface area contributed by atoms with E-state index >= 15 is 0 Å². The maximum absolute atomic E-state index is 12.4. The Balaban J connectivity index is 2.08. The van der Waals surface area contributed by atoms with E-state index in [4.69, 9.17) is 15.2 Å². The maximum Gasteiger partial charge on any atom is 0.344 e. The van der Waals surface area contributed by atoms with Gasteiger partial charge in [-0.05, 0) is 18.6 Å². The van der Waals surface area contributed by atoms with Crippen LogP contribution in [0.25, 0.3) is 0 Å². The van der Waals surface area contributed by atoms with Gasteiger partial charge in [0.25, 0.3) is 5.56 Å². The Kier molecular flexibility index (Phi) is 6.53. The largest absolute Gasteiger partial charge is 0.482 e. The molecule has 9 heteroatoms. The summed E-state index contributed by atoms with van der Waals surface area (Å²) in [6, 6.07) is 8.62. The number of benzene rings is 1. The van der Waals surface area contributed by atoms with Crippen LogP contribution in [0.1, 0.15) is 23.7 Å². The number of rotatable bonds is 8. The van der Waals surface area contributed by atoms with Crippen LogP contribution in [0, 0.1) is 0 Å². The second-order valence-corrected chi connectivity index (χ2v) is 5.74. The highest BCUT2D eigenvalue weighted by Gasteiger charge is 2.22. The number of nitrogens with two attached hydrogens (primary N) is 1. The van der Waals surface area contributed by atoms with E-state index in [-0.39, 0.29) is 24.5 Å². The fourth-order valence-electron chi connectivity index (χ4n) is 2.40. The molecule has 1 heterocycles. The second kappa shape index (κ2) is 8.84. The minimum atomic E-state index is -0.827. The third-order valence-electron chi connectivity index (χ3n) is 3.77. The minimum Gasteiger partial charge on any atom is -0.482 e. The molecule has 27 heavy (non-hydrogen) atoms. The van der Waals surface area contributed by atoms with Gasteiger partial charge in [-0.2, -0.15) is 0 Å². The van der Waals surface area contributed by atoms with Crippen molar-refractivity contribution in [3.05, 3.63) is 56.7 Å². The fraction of sp³-hybridized carbons (Fsp3) is 0.333. The van der Waals surface area contributed by atoms with Crippen molar-refractivity contribution in [2.24, 2.45) is 7.05 Å². The molecule has 0 atom stereocenters. The number of para-hydroxylation sites is 1. The van der Waals surface area contributed by atoms with Crippen molar-refractivity contribution in [2.45, 2.75) is 19.9 Å². The number of nitrogens with zero attached hydrogens (tertiary/aromatic N) is 2. The SMILES string of the molecule is CCCn1c(N)c(C(=O)COC(=O)COc2ccccc2)c(=O)n(C)c1=O. The molecule has 0 aliphatic heterocycles. The Morgan fingerprint density at radius 3 is 2.41 bits per heavy atom.